The zero-order valence-electron chi connectivity index (χ0n) is 14.3. The first kappa shape index (κ1) is 12.6. The summed E-state index contributed by atoms with van der Waals surface area (Å²) in [4.78, 5) is 2.14. The molecule has 4 heteroatoms. The Hall–Kier alpha value is -2.75. The van der Waals surface area contributed by atoms with Crippen LogP contribution in [-0.2, 0) is 6.42 Å². The summed E-state index contributed by atoms with van der Waals surface area (Å²) in [7, 11) is 0. The number of benzene rings is 2. The molecule has 4 nitrogen and oxygen atoms in total. The molecule has 1 saturated heterocycles. The minimum atomic E-state index is -0.424. The van der Waals surface area contributed by atoms with Crippen LogP contribution in [0.2, 0.25) is 0 Å². The molecule has 120 valence electrons. The zero-order chi connectivity index (χ0) is 16.9. The second-order valence-electron chi connectivity index (χ2n) is 6.56. The number of fused-ring (bicyclic) bond motifs is 1. The Morgan fingerprint density at radius 3 is 2.79 bits per heavy atom. The van der Waals surface area contributed by atoms with E-state index >= 15 is 0 Å². The summed E-state index contributed by atoms with van der Waals surface area (Å²) in [5.41, 5.74) is 4.06. The Morgan fingerprint density at radius 2 is 2.00 bits per heavy atom. The number of nitrogens with zero attached hydrogens (tertiary/aromatic N) is 2. The lowest BCUT2D eigenvalue weighted by Crippen LogP contribution is -2.37. The van der Waals surface area contributed by atoms with Gasteiger partial charge in [-0.2, -0.15) is 5.10 Å². The van der Waals surface area contributed by atoms with Crippen LogP contribution in [0.15, 0.2) is 60.9 Å². The van der Waals surface area contributed by atoms with E-state index in [0.717, 1.165) is 42.0 Å². The van der Waals surface area contributed by atoms with Gasteiger partial charge in [-0.25, -0.2) is 0 Å². The summed E-state index contributed by atoms with van der Waals surface area (Å²) in [6, 6.07) is 16.5. The first-order valence-corrected chi connectivity index (χ1v) is 8.30. The van der Waals surface area contributed by atoms with E-state index in [1.165, 1.54) is 5.56 Å². The second kappa shape index (κ2) is 5.13. The topological polar surface area (TPSA) is 41.2 Å². The van der Waals surface area contributed by atoms with Crippen LogP contribution in [0.25, 0.3) is 11.1 Å². The third kappa shape index (κ3) is 2.18. The van der Waals surface area contributed by atoms with Crippen molar-refractivity contribution in [2.75, 3.05) is 18.0 Å². The summed E-state index contributed by atoms with van der Waals surface area (Å²) < 4.78 is 15.1. The number of nitrogens with one attached hydrogen (secondary N) is 1. The molecule has 2 aliphatic rings. The average Bonchev–Trinajstić information content (AvgIpc) is 3.36. The molecule has 2 atom stereocenters. The van der Waals surface area contributed by atoms with Gasteiger partial charge in [0.05, 0.1) is 14.1 Å². The van der Waals surface area contributed by atoms with E-state index in [1.807, 2.05) is 30.6 Å². The molecule has 1 fully saturated rings. The molecule has 0 saturated carbocycles. The van der Waals surface area contributed by atoms with E-state index in [0.29, 0.717) is 0 Å². The van der Waals surface area contributed by atoms with Crippen molar-refractivity contribution >= 4 is 5.69 Å². The van der Waals surface area contributed by atoms with Gasteiger partial charge in [0, 0.05) is 36.8 Å². The summed E-state index contributed by atoms with van der Waals surface area (Å²) in [5.74, 6) is 0.942. The molecule has 3 heterocycles. The number of aromatic amines is 1. The van der Waals surface area contributed by atoms with Crippen molar-refractivity contribution in [2.45, 2.75) is 18.4 Å². The van der Waals surface area contributed by atoms with Gasteiger partial charge in [-0.05, 0) is 29.3 Å². The fraction of sp³-hybridized carbons (Fsp3) is 0.250. The number of para-hydroxylation sites is 1. The molecule has 1 aromatic heterocycles. The lowest BCUT2D eigenvalue weighted by atomic mass is 9.96. The Kier molecular flexibility index (Phi) is 2.70. The van der Waals surface area contributed by atoms with Crippen LogP contribution in [0.1, 0.15) is 13.4 Å². The molecule has 1 N–H and O–H groups in total. The molecule has 5 rings (SSSR count). The molecule has 0 amide bonds. The largest absolute Gasteiger partial charge is 0.485 e. The fourth-order valence-corrected chi connectivity index (χ4v) is 3.72. The number of H-pyrrole nitrogens is 1. The van der Waals surface area contributed by atoms with Gasteiger partial charge in [0.1, 0.15) is 11.4 Å². The van der Waals surface area contributed by atoms with Gasteiger partial charge in [-0.1, -0.05) is 30.3 Å². The van der Waals surface area contributed by atoms with Crippen LogP contribution in [0.4, 0.5) is 5.69 Å². The number of ether oxygens (including phenoxy) is 1. The van der Waals surface area contributed by atoms with Crippen molar-refractivity contribution in [3.63, 3.8) is 0 Å². The summed E-state index contributed by atoms with van der Waals surface area (Å²) >= 11 is 0. The van der Waals surface area contributed by atoms with Gasteiger partial charge in [0.15, 0.2) is 0 Å². The average molecular weight is 318 g/mol. The van der Waals surface area contributed by atoms with E-state index < -0.39 is 12.1 Å². The molecule has 2 aromatic carbocycles. The normalized spacial score (nSPS) is 25.6. The Balaban J connectivity index is 1.40. The van der Waals surface area contributed by atoms with E-state index in [1.54, 1.807) is 0 Å². The lowest BCUT2D eigenvalue weighted by Gasteiger charge is -2.25. The Morgan fingerprint density at radius 1 is 1.12 bits per heavy atom. The smallest absolute Gasteiger partial charge is 0.132 e. The highest BCUT2D eigenvalue weighted by Gasteiger charge is 2.44. The summed E-state index contributed by atoms with van der Waals surface area (Å²) in [6.07, 6.45) is 5.40. The molecule has 24 heavy (non-hydrogen) atoms. The minimum Gasteiger partial charge on any atom is -0.485 e. The zero-order valence-corrected chi connectivity index (χ0v) is 13.3. The third-order valence-corrected chi connectivity index (χ3v) is 4.97. The van der Waals surface area contributed by atoms with E-state index in [2.05, 4.69) is 45.4 Å². The Bertz CT molecular complexity index is 867. The third-order valence-electron chi connectivity index (χ3n) is 4.97. The maximum absolute atomic E-state index is 8.83. The first-order valence-electron chi connectivity index (χ1n) is 8.88. The van der Waals surface area contributed by atoms with Crippen molar-refractivity contribution in [1.82, 2.24) is 10.2 Å². The van der Waals surface area contributed by atoms with Crippen molar-refractivity contribution in [3.05, 3.63) is 66.5 Å². The van der Waals surface area contributed by atoms with Gasteiger partial charge in [0.2, 0.25) is 0 Å². The highest BCUT2D eigenvalue weighted by molar-refractivity contribution is 5.65. The number of anilines is 1. The van der Waals surface area contributed by atoms with Crippen molar-refractivity contribution < 1.29 is 6.11 Å². The van der Waals surface area contributed by atoms with Crippen LogP contribution >= 0.6 is 0 Å². The van der Waals surface area contributed by atoms with Gasteiger partial charge < -0.3 is 9.64 Å². The van der Waals surface area contributed by atoms with Crippen LogP contribution in [0, 0.1) is 0 Å². The molecule has 0 radical (unpaired) electrons. The molecular formula is C20H19N3O. The predicted octanol–water partition coefficient (Wildman–Crippen LogP) is 3.66. The van der Waals surface area contributed by atoms with Crippen LogP contribution < -0.4 is 9.64 Å². The second-order valence-corrected chi connectivity index (χ2v) is 6.56. The molecule has 1 spiro atoms. The lowest BCUT2D eigenvalue weighted by molar-refractivity contribution is 0.120. The number of rotatable bonds is 2. The van der Waals surface area contributed by atoms with Crippen molar-refractivity contribution in [1.29, 1.82) is 0 Å². The Labute approximate surface area is 142 Å². The quantitative estimate of drug-likeness (QED) is 0.784. The standard InChI is InChI=1S/C20H19N3O/c1-2-4-19-16(3-1)11-20(24-19)9-10-23(14-20)18-7-5-15(6-8-18)17-12-21-22-13-17/h1-8,12-13H,9-11,14H2,(H,21,22)/i14D. The molecule has 0 bridgehead atoms. The van der Waals surface area contributed by atoms with Crippen LogP contribution in [0.5, 0.6) is 5.75 Å². The highest BCUT2D eigenvalue weighted by Crippen LogP contribution is 2.41. The number of hydrogen-bond acceptors (Lipinski definition) is 3. The fourth-order valence-electron chi connectivity index (χ4n) is 3.72. The summed E-state index contributed by atoms with van der Waals surface area (Å²) in [5, 5.41) is 6.84. The maximum Gasteiger partial charge on any atom is 0.132 e. The number of aromatic nitrogens is 2. The minimum absolute atomic E-state index is 0.403. The molecule has 3 aromatic rings. The van der Waals surface area contributed by atoms with Gasteiger partial charge in [0.25, 0.3) is 0 Å². The molecule has 2 aliphatic heterocycles. The predicted molar refractivity (Wildman–Crippen MR) is 94.4 cm³/mol. The SMILES string of the molecule is [2H]C1N(c2ccc(-c3cn[nH]c3)cc2)CCC12Cc1ccccc1O2. The monoisotopic (exact) mass is 318 g/mol. The van der Waals surface area contributed by atoms with E-state index in [-0.39, 0.29) is 0 Å². The van der Waals surface area contributed by atoms with Crippen LogP contribution in [-0.4, -0.2) is 28.9 Å². The van der Waals surface area contributed by atoms with Gasteiger partial charge in [-0.3, -0.25) is 5.10 Å². The maximum atomic E-state index is 8.83. The van der Waals surface area contributed by atoms with Crippen LogP contribution in [0.3, 0.4) is 0 Å². The van der Waals surface area contributed by atoms with Gasteiger partial charge in [-0.15, -0.1) is 0 Å². The van der Waals surface area contributed by atoms with Crippen molar-refractivity contribution in [2.24, 2.45) is 0 Å². The van der Waals surface area contributed by atoms with Gasteiger partial charge >= 0.3 is 0 Å². The first-order chi connectivity index (χ1) is 12.3. The molecule has 0 aliphatic carbocycles. The summed E-state index contributed by atoms with van der Waals surface area (Å²) in [6.45, 7) is 0.437. The number of hydrogen-bond donors (Lipinski definition) is 1. The highest BCUT2D eigenvalue weighted by atomic mass is 16.5. The van der Waals surface area contributed by atoms with Crippen molar-refractivity contribution in [3.8, 4) is 16.9 Å². The van der Waals surface area contributed by atoms with E-state index in [9.17, 15) is 0 Å². The molecular weight excluding hydrogens is 298 g/mol. The molecule has 2 unspecified atom stereocenters. The van der Waals surface area contributed by atoms with E-state index in [4.69, 9.17) is 6.11 Å².